The van der Waals surface area contributed by atoms with Gasteiger partial charge in [-0.1, -0.05) is 0 Å². The van der Waals surface area contributed by atoms with Crippen LogP contribution in [-0.4, -0.2) is 12.1 Å². The van der Waals surface area contributed by atoms with Gasteiger partial charge in [-0.15, -0.1) is 11.3 Å². The maximum absolute atomic E-state index is 6.15. The SMILES string of the molecule is Cc1ccc(CNCCC2(N)CCC2)s1. The van der Waals surface area contributed by atoms with Crippen LogP contribution in [0.25, 0.3) is 0 Å². The van der Waals surface area contributed by atoms with Crippen LogP contribution in [0.3, 0.4) is 0 Å². The molecule has 0 unspecified atom stereocenters. The van der Waals surface area contributed by atoms with Gasteiger partial charge in [-0.3, -0.25) is 0 Å². The van der Waals surface area contributed by atoms with E-state index < -0.39 is 0 Å². The Bertz CT molecular complexity index is 315. The van der Waals surface area contributed by atoms with E-state index in [1.807, 2.05) is 11.3 Å². The summed E-state index contributed by atoms with van der Waals surface area (Å²) in [4.78, 5) is 2.81. The van der Waals surface area contributed by atoms with Crippen LogP contribution in [0, 0.1) is 6.92 Å². The van der Waals surface area contributed by atoms with Gasteiger partial charge in [0.25, 0.3) is 0 Å². The Morgan fingerprint density at radius 2 is 2.27 bits per heavy atom. The molecule has 0 aliphatic heterocycles. The summed E-state index contributed by atoms with van der Waals surface area (Å²) in [6, 6.07) is 4.38. The number of hydrogen-bond donors (Lipinski definition) is 2. The largest absolute Gasteiger partial charge is 0.325 e. The van der Waals surface area contributed by atoms with Crippen LogP contribution in [0.1, 0.15) is 35.4 Å². The predicted octanol–water partition coefficient (Wildman–Crippen LogP) is 2.42. The minimum Gasteiger partial charge on any atom is -0.325 e. The third kappa shape index (κ3) is 3.03. The Balaban J connectivity index is 1.63. The van der Waals surface area contributed by atoms with E-state index in [0.717, 1.165) is 19.5 Å². The van der Waals surface area contributed by atoms with E-state index in [1.165, 1.54) is 29.0 Å². The molecule has 0 aromatic carbocycles. The molecular weight excluding hydrogens is 204 g/mol. The van der Waals surface area contributed by atoms with Crippen LogP contribution in [0.5, 0.6) is 0 Å². The number of nitrogens with one attached hydrogen (secondary N) is 1. The van der Waals surface area contributed by atoms with Gasteiger partial charge in [-0.25, -0.2) is 0 Å². The normalized spacial score (nSPS) is 18.8. The van der Waals surface area contributed by atoms with Crippen LogP contribution >= 0.6 is 11.3 Å². The molecule has 15 heavy (non-hydrogen) atoms. The molecule has 0 amide bonds. The second kappa shape index (κ2) is 4.64. The quantitative estimate of drug-likeness (QED) is 0.754. The zero-order valence-corrected chi connectivity index (χ0v) is 10.2. The summed E-state index contributed by atoms with van der Waals surface area (Å²) < 4.78 is 0. The molecule has 1 heterocycles. The topological polar surface area (TPSA) is 38.0 Å². The van der Waals surface area contributed by atoms with E-state index in [1.54, 1.807) is 0 Å². The van der Waals surface area contributed by atoms with Gasteiger partial charge in [0.1, 0.15) is 0 Å². The van der Waals surface area contributed by atoms with Crippen molar-refractivity contribution in [2.75, 3.05) is 6.54 Å². The predicted molar refractivity (Wildman–Crippen MR) is 66.1 cm³/mol. The van der Waals surface area contributed by atoms with Crippen molar-refractivity contribution < 1.29 is 0 Å². The Labute approximate surface area is 95.9 Å². The second-order valence-electron chi connectivity index (χ2n) is 4.66. The van der Waals surface area contributed by atoms with Crippen molar-refractivity contribution in [3.05, 3.63) is 21.9 Å². The molecule has 0 saturated heterocycles. The van der Waals surface area contributed by atoms with Crippen LogP contribution in [0.15, 0.2) is 12.1 Å². The Hall–Kier alpha value is -0.380. The highest BCUT2D eigenvalue weighted by Crippen LogP contribution is 2.31. The zero-order valence-electron chi connectivity index (χ0n) is 9.38. The molecule has 1 fully saturated rings. The molecule has 0 radical (unpaired) electrons. The lowest BCUT2D eigenvalue weighted by atomic mass is 9.75. The number of aryl methyl sites for hydroxylation is 1. The molecule has 0 atom stereocenters. The van der Waals surface area contributed by atoms with Crippen molar-refractivity contribution in [3.8, 4) is 0 Å². The average Bonchev–Trinajstić information content (AvgIpc) is 2.56. The molecule has 3 heteroatoms. The first-order chi connectivity index (χ1) is 7.18. The summed E-state index contributed by atoms with van der Waals surface area (Å²) in [6.07, 6.45) is 4.87. The number of nitrogens with two attached hydrogens (primary N) is 1. The van der Waals surface area contributed by atoms with Crippen LogP contribution in [0.2, 0.25) is 0 Å². The number of rotatable bonds is 5. The first-order valence-electron chi connectivity index (χ1n) is 5.73. The number of thiophene rings is 1. The van der Waals surface area contributed by atoms with E-state index in [9.17, 15) is 0 Å². The summed E-state index contributed by atoms with van der Waals surface area (Å²) in [5, 5.41) is 3.47. The highest BCUT2D eigenvalue weighted by Gasteiger charge is 2.31. The van der Waals surface area contributed by atoms with Crippen molar-refractivity contribution in [1.82, 2.24) is 5.32 Å². The molecule has 1 saturated carbocycles. The van der Waals surface area contributed by atoms with E-state index in [-0.39, 0.29) is 5.54 Å². The molecule has 84 valence electrons. The van der Waals surface area contributed by atoms with Crippen molar-refractivity contribution in [3.63, 3.8) is 0 Å². The van der Waals surface area contributed by atoms with Gasteiger partial charge in [0.15, 0.2) is 0 Å². The highest BCUT2D eigenvalue weighted by molar-refractivity contribution is 7.11. The molecule has 3 N–H and O–H groups in total. The monoisotopic (exact) mass is 224 g/mol. The molecule has 1 aliphatic carbocycles. The molecule has 1 aromatic rings. The Morgan fingerprint density at radius 1 is 1.47 bits per heavy atom. The highest BCUT2D eigenvalue weighted by atomic mass is 32.1. The Morgan fingerprint density at radius 3 is 2.80 bits per heavy atom. The molecule has 2 rings (SSSR count). The van der Waals surface area contributed by atoms with Crippen molar-refractivity contribution in [2.24, 2.45) is 5.73 Å². The van der Waals surface area contributed by atoms with Gasteiger partial charge in [0.2, 0.25) is 0 Å². The van der Waals surface area contributed by atoms with E-state index in [0.29, 0.717) is 0 Å². The van der Waals surface area contributed by atoms with E-state index >= 15 is 0 Å². The van der Waals surface area contributed by atoms with Gasteiger partial charge in [-0.2, -0.15) is 0 Å². The minimum absolute atomic E-state index is 0.165. The summed E-state index contributed by atoms with van der Waals surface area (Å²) in [5.74, 6) is 0. The molecule has 2 nitrogen and oxygen atoms in total. The maximum atomic E-state index is 6.15. The molecule has 1 aromatic heterocycles. The van der Waals surface area contributed by atoms with Crippen molar-refractivity contribution >= 4 is 11.3 Å². The Kier molecular flexibility index (Phi) is 3.44. The lowest BCUT2D eigenvalue weighted by Gasteiger charge is -2.38. The van der Waals surface area contributed by atoms with Gasteiger partial charge < -0.3 is 11.1 Å². The summed E-state index contributed by atoms with van der Waals surface area (Å²) in [6.45, 7) is 4.19. The van der Waals surface area contributed by atoms with Crippen LogP contribution in [-0.2, 0) is 6.54 Å². The summed E-state index contributed by atoms with van der Waals surface area (Å²) in [7, 11) is 0. The maximum Gasteiger partial charge on any atom is 0.0299 e. The van der Waals surface area contributed by atoms with E-state index in [4.69, 9.17) is 5.73 Å². The fourth-order valence-corrected chi connectivity index (χ4v) is 2.87. The van der Waals surface area contributed by atoms with Crippen LogP contribution in [0.4, 0.5) is 0 Å². The average molecular weight is 224 g/mol. The molecular formula is C12H20N2S. The smallest absolute Gasteiger partial charge is 0.0299 e. The van der Waals surface area contributed by atoms with E-state index in [2.05, 4.69) is 24.4 Å². The lowest BCUT2D eigenvalue weighted by molar-refractivity contribution is 0.229. The lowest BCUT2D eigenvalue weighted by Crippen LogP contribution is -2.48. The van der Waals surface area contributed by atoms with Crippen molar-refractivity contribution in [1.29, 1.82) is 0 Å². The van der Waals surface area contributed by atoms with Gasteiger partial charge in [0.05, 0.1) is 0 Å². The second-order valence-corrected chi connectivity index (χ2v) is 6.03. The standard InChI is InChI=1S/C12H20N2S/c1-10-3-4-11(15-10)9-14-8-7-12(13)5-2-6-12/h3-4,14H,2,5-9,13H2,1H3. The minimum atomic E-state index is 0.165. The van der Waals surface area contributed by atoms with Gasteiger partial charge >= 0.3 is 0 Å². The third-order valence-corrected chi connectivity index (χ3v) is 4.24. The first-order valence-corrected chi connectivity index (χ1v) is 6.55. The fourth-order valence-electron chi connectivity index (χ4n) is 2.01. The van der Waals surface area contributed by atoms with Crippen molar-refractivity contribution in [2.45, 2.75) is 44.7 Å². The first kappa shape index (κ1) is 11.1. The molecule has 0 spiro atoms. The number of hydrogen-bond acceptors (Lipinski definition) is 3. The van der Waals surface area contributed by atoms with Crippen LogP contribution < -0.4 is 11.1 Å². The molecule has 0 bridgehead atoms. The third-order valence-electron chi connectivity index (χ3n) is 3.24. The van der Waals surface area contributed by atoms with Gasteiger partial charge in [-0.05, 0) is 51.3 Å². The van der Waals surface area contributed by atoms with Gasteiger partial charge in [0, 0.05) is 21.8 Å². The fraction of sp³-hybridized carbons (Fsp3) is 0.667. The summed E-state index contributed by atoms with van der Waals surface area (Å²) in [5.41, 5.74) is 6.31. The zero-order chi connectivity index (χ0) is 10.7. The summed E-state index contributed by atoms with van der Waals surface area (Å²) >= 11 is 1.87. The molecule has 1 aliphatic rings.